The molecule has 0 aromatic heterocycles. The smallest absolute Gasteiger partial charge is 0.302 e. The average Bonchev–Trinajstić information content (AvgIpc) is 2.56. The number of rotatable bonds is 19. The highest BCUT2D eigenvalue weighted by Crippen LogP contribution is 2.14. The minimum absolute atomic E-state index is 0.154. The van der Waals surface area contributed by atoms with Crippen molar-refractivity contribution >= 4 is 5.97 Å². The molecule has 0 amide bonds. The van der Waals surface area contributed by atoms with Crippen molar-refractivity contribution in [1.82, 2.24) is 0 Å². The number of carbonyl (C=O) groups excluding carboxylic acids is 1. The van der Waals surface area contributed by atoms with E-state index in [2.05, 4.69) is 6.58 Å². The van der Waals surface area contributed by atoms with Crippen LogP contribution in [0.3, 0.4) is 0 Å². The fourth-order valence-corrected chi connectivity index (χ4v) is 3.08. The van der Waals surface area contributed by atoms with Crippen LogP contribution in [0.4, 0.5) is 0 Å². The van der Waals surface area contributed by atoms with E-state index in [-0.39, 0.29) is 5.97 Å². The lowest BCUT2D eigenvalue weighted by molar-refractivity contribution is -0.141. The van der Waals surface area contributed by atoms with E-state index in [1.54, 1.807) is 0 Å². The lowest BCUT2D eigenvalue weighted by atomic mass is 10.0. The lowest BCUT2D eigenvalue weighted by Crippen LogP contribution is -2.00. The molecule has 0 aromatic carbocycles. The van der Waals surface area contributed by atoms with Crippen LogP contribution in [0.2, 0.25) is 0 Å². The third-order valence-electron chi connectivity index (χ3n) is 4.61. The molecule has 0 saturated heterocycles. The highest BCUT2D eigenvalue weighted by molar-refractivity contribution is 5.65. The minimum atomic E-state index is -0.154. The molecule has 0 spiro atoms. The molecule has 0 bridgehead atoms. The molecule has 0 radical (unpaired) electrons. The highest BCUT2D eigenvalue weighted by atomic mass is 16.5. The van der Waals surface area contributed by atoms with Gasteiger partial charge in [0.1, 0.15) is 0 Å². The molecule has 0 rings (SSSR count). The van der Waals surface area contributed by atoms with Crippen molar-refractivity contribution < 1.29 is 9.53 Å². The van der Waals surface area contributed by atoms with Gasteiger partial charge in [0.2, 0.25) is 0 Å². The molecular weight excluding hydrogens is 296 g/mol. The van der Waals surface area contributed by atoms with Gasteiger partial charge in [-0.3, -0.25) is 4.79 Å². The molecule has 0 aliphatic rings. The summed E-state index contributed by atoms with van der Waals surface area (Å²) in [6.45, 7) is 5.84. The Morgan fingerprint density at radius 2 is 1.00 bits per heavy atom. The molecule has 0 heterocycles. The van der Waals surface area contributed by atoms with Gasteiger partial charge in [-0.05, 0) is 19.3 Å². The third kappa shape index (κ3) is 21.2. The molecular formula is C22H42O2. The van der Waals surface area contributed by atoms with Crippen LogP contribution in [0.5, 0.6) is 0 Å². The van der Waals surface area contributed by atoms with Gasteiger partial charge in [0.25, 0.3) is 0 Å². The number of ether oxygens (including phenoxy) is 1. The monoisotopic (exact) mass is 338 g/mol. The molecule has 0 aliphatic heterocycles. The van der Waals surface area contributed by atoms with Crippen LogP contribution >= 0.6 is 0 Å². The normalized spacial score (nSPS) is 10.7. The molecule has 24 heavy (non-hydrogen) atoms. The summed E-state index contributed by atoms with van der Waals surface area (Å²) in [6, 6.07) is 0. The highest BCUT2D eigenvalue weighted by Gasteiger charge is 1.96. The van der Waals surface area contributed by atoms with Gasteiger partial charge in [-0.1, -0.05) is 96.0 Å². The molecule has 0 aromatic rings. The first-order chi connectivity index (χ1) is 11.8. The number of esters is 1. The Bertz CT molecular complexity index is 273. The van der Waals surface area contributed by atoms with Gasteiger partial charge >= 0.3 is 5.97 Å². The Kier molecular flexibility index (Phi) is 19.6. The van der Waals surface area contributed by atoms with Crippen LogP contribution in [0.25, 0.3) is 0 Å². The quantitative estimate of drug-likeness (QED) is 0.140. The van der Waals surface area contributed by atoms with E-state index in [4.69, 9.17) is 4.74 Å². The van der Waals surface area contributed by atoms with Crippen LogP contribution in [-0.2, 0) is 9.53 Å². The maximum absolute atomic E-state index is 10.6. The zero-order chi connectivity index (χ0) is 17.7. The molecule has 0 unspecified atom stereocenters. The van der Waals surface area contributed by atoms with E-state index < -0.39 is 0 Å². The van der Waals surface area contributed by atoms with Crippen LogP contribution in [0, 0.1) is 0 Å². The number of carbonyl (C=O) groups is 1. The maximum atomic E-state index is 10.6. The van der Waals surface area contributed by atoms with E-state index in [1.807, 2.05) is 6.08 Å². The van der Waals surface area contributed by atoms with E-state index in [0.717, 1.165) is 6.42 Å². The summed E-state index contributed by atoms with van der Waals surface area (Å²) in [5.41, 5.74) is 0. The van der Waals surface area contributed by atoms with Gasteiger partial charge in [-0.25, -0.2) is 0 Å². The van der Waals surface area contributed by atoms with E-state index in [1.165, 1.54) is 110 Å². The predicted molar refractivity (Wildman–Crippen MR) is 105 cm³/mol. The summed E-state index contributed by atoms with van der Waals surface area (Å²) in [4.78, 5) is 10.6. The summed E-state index contributed by atoms with van der Waals surface area (Å²) in [7, 11) is 0. The van der Waals surface area contributed by atoms with Crippen molar-refractivity contribution in [3.63, 3.8) is 0 Å². The Morgan fingerprint density at radius 3 is 1.33 bits per heavy atom. The van der Waals surface area contributed by atoms with Gasteiger partial charge in [0, 0.05) is 6.92 Å². The summed E-state index contributed by atoms with van der Waals surface area (Å²) in [6.07, 6.45) is 24.9. The number of hydrogen-bond donors (Lipinski definition) is 0. The Morgan fingerprint density at radius 1 is 0.667 bits per heavy atom. The second kappa shape index (κ2) is 20.3. The Hall–Kier alpha value is -0.790. The van der Waals surface area contributed by atoms with Crippen molar-refractivity contribution in [2.75, 3.05) is 6.61 Å². The fourth-order valence-electron chi connectivity index (χ4n) is 3.08. The van der Waals surface area contributed by atoms with E-state index in [9.17, 15) is 4.79 Å². The topological polar surface area (TPSA) is 26.3 Å². The van der Waals surface area contributed by atoms with Gasteiger partial charge in [-0.2, -0.15) is 0 Å². The summed E-state index contributed by atoms with van der Waals surface area (Å²) < 4.78 is 4.93. The SMILES string of the molecule is C=CCCCCCCCCCCCCCCCCCCOC(C)=O. The van der Waals surface area contributed by atoms with Gasteiger partial charge in [0.15, 0.2) is 0 Å². The van der Waals surface area contributed by atoms with Gasteiger partial charge in [-0.15, -0.1) is 6.58 Å². The number of allylic oxidation sites excluding steroid dienone is 1. The third-order valence-corrected chi connectivity index (χ3v) is 4.61. The number of unbranched alkanes of at least 4 members (excludes halogenated alkanes) is 16. The largest absolute Gasteiger partial charge is 0.466 e. The molecule has 142 valence electrons. The van der Waals surface area contributed by atoms with Crippen LogP contribution in [0.1, 0.15) is 116 Å². The molecule has 0 saturated carbocycles. The Labute approximate surface area is 151 Å². The van der Waals surface area contributed by atoms with Crippen molar-refractivity contribution in [3.8, 4) is 0 Å². The summed E-state index contributed by atoms with van der Waals surface area (Å²) in [5.74, 6) is -0.154. The number of hydrogen-bond acceptors (Lipinski definition) is 2. The van der Waals surface area contributed by atoms with Crippen LogP contribution in [0.15, 0.2) is 12.7 Å². The van der Waals surface area contributed by atoms with Crippen molar-refractivity contribution in [2.45, 2.75) is 116 Å². The molecule has 0 aliphatic carbocycles. The van der Waals surface area contributed by atoms with E-state index >= 15 is 0 Å². The van der Waals surface area contributed by atoms with Crippen LogP contribution in [-0.4, -0.2) is 12.6 Å². The lowest BCUT2D eigenvalue weighted by Gasteiger charge is -2.04. The molecule has 2 nitrogen and oxygen atoms in total. The Balaban J connectivity index is 2.98. The average molecular weight is 339 g/mol. The predicted octanol–water partition coefficient (Wildman–Crippen LogP) is 7.37. The first-order valence-electron chi connectivity index (χ1n) is 10.5. The summed E-state index contributed by atoms with van der Waals surface area (Å²) in [5, 5.41) is 0. The molecule has 0 atom stereocenters. The zero-order valence-corrected chi connectivity index (χ0v) is 16.3. The standard InChI is InChI=1S/C22H42O2/c1-3-4-5-6-7-8-9-10-11-12-13-14-15-16-17-18-19-20-21-24-22(2)23/h3H,1,4-21H2,2H3. The first kappa shape index (κ1) is 23.2. The van der Waals surface area contributed by atoms with Crippen LogP contribution < -0.4 is 0 Å². The van der Waals surface area contributed by atoms with Crippen molar-refractivity contribution in [2.24, 2.45) is 0 Å². The second-order valence-electron chi connectivity index (χ2n) is 7.07. The second-order valence-corrected chi connectivity index (χ2v) is 7.07. The molecule has 0 N–H and O–H groups in total. The van der Waals surface area contributed by atoms with Gasteiger partial charge < -0.3 is 4.74 Å². The van der Waals surface area contributed by atoms with Gasteiger partial charge in [0.05, 0.1) is 6.61 Å². The van der Waals surface area contributed by atoms with Crippen molar-refractivity contribution in [3.05, 3.63) is 12.7 Å². The van der Waals surface area contributed by atoms with E-state index in [0.29, 0.717) is 6.61 Å². The molecule has 0 fully saturated rings. The minimum Gasteiger partial charge on any atom is -0.466 e. The van der Waals surface area contributed by atoms with Crippen molar-refractivity contribution in [1.29, 1.82) is 0 Å². The maximum Gasteiger partial charge on any atom is 0.302 e. The summed E-state index contributed by atoms with van der Waals surface area (Å²) >= 11 is 0. The molecule has 2 heteroatoms. The zero-order valence-electron chi connectivity index (χ0n) is 16.3. The fraction of sp³-hybridized carbons (Fsp3) is 0.864. The first-order valence-corrected chi connectivity index (χ1v) is 10.5.